The lowest BCUT2D eigenvalue weighted by Gasteiger charge is -2.59. The third-order valence-corrected chi connectivity index (χ3v) is 9.53. The molecule has 144 valence electrons. The van der Waals surface area contributed by atoms with Crippen molar-refractivity contribution in [2.24, 2.45) is 23.7 Å². The first-order valence-electron chi connectivity index (χ1n) is 9.94. The van der Waals surface area contributed by atoms with Crippen LogP contribution in [-0.2, 0) is 19.1 Å². The maximum absolute atomic E-state index is 12.9. The van der Waals surface area contributed by atoms with Crippen molar-refractivity contribution in [1.82, 2.24) is 4.98 Å². The average molecular weight is 489 g/mol. The van der Waals surface area contributed by atoms with Crippen LogP contribution in [-0.4, -0.2) is 26.2 Å². The summed E-state index contributed by atoms with van der Waals surface area (Å²) in [5, 5.41) is 1.01. The van der Waals surface area contributed by atoms with Crippen molar-refractivity contribution >= 4 is 47.1 Å². The Morgan fingerprint density at radius 2 is 1.57 bits per heavy atom. The van der Waals surface area contributed by atoms with Crippen molar-refractivity contribution in [1.29, 1.82) is 0 Å². The fourth-order valence-electron chi connectivity index (χ4n) is 5.94. The third kappa shape index (κ3) is 2.49. The highest BCUT2D eigenvalue weighted by Gasteiger charge is 2.64. The molecule has 5 nitrogen and oxygen atoms in total. The highest BCUT2D eigenvalue weighted by atomic mass is 127. The van der Waals surface area contributed by atoms with E-state index in [1.807, 2.05) is 30.3 Å². The van der Waals surface area contributed by atoms with E-state index in [0.29, 0.717) is 11.8 Å². The SMILES string of the molecule is O=C1OC2(OC(=O)C1=Ic1cnc3ccccc3c1)C1CC3CC(C1)CC2C3. The van der Waals surface area contributed by atoms with Crippen LogP contribution in [0.3, 0.4) is 0 Å². The predicted octanol–water partition coefficient (Wildman–Crippen LogP) is 3.80. The Balaban J connectivity index is 1.33. The van der Waals surface area contributed by atoms with Crippen LogP contribution in [0.25, 0.3) is 10.9 Å². The Labute approximate surface area is 172 Å². The molecule has 2 heterocycles. The maximum atomic E-state index is 12.9. The number of halogens is 1. The molecule has 5 aliphatic rings. The molecular formula is C22H20INO4. The van der Waals surface area contributed by atoms with Gasteiger partial charge in [0.05, 0.1) is 5.52 Å². The summed E-state index contributed by atoms with van der Waals surface area (Å²) in [6.07, 6.45) is 7.14. The summed E-state index contributed by atoms with van der Waals surface area (Å²) in [5.41, 5.74) is 0.904. The van der Waals surface area contributed by atoms with Crippen molar-refractivity contribution in [2.75, 3.05) is 0 Å². The molecule has 7 rings (SSSR count). The van der Waals surface area contributed by atoms with Gasteiger partial charge in [0.2, 0.25) is 0 Å². The van der Waals surface area contributed by atoms with Gasteiger partial charge in [-0.1, -0.05) is 38.9 Å². The third-order valence-electron chi connectivity index (χ3n) is 6.90. The molecule has 0 amide bonds. The molecule has 0 unspecified atom stereocenters. The lowest BCUT2D eigenvalue weighted by Crippen LogP contribution is -2.65. The Morgan fingerprint density at radius 3 is 2.25 bits per heavy atom. The summed E-state index contributed by atoms with van der Waals surface area (Å²) in [5.74, 6) is -0.109. The maximum Gasteiger partial charge on any atom is 0.354 e. The average Bonchev–Trinajstić information content (AvgIpc) is 2.68. The van der Waals surface area contributed by atoms with E-state index >= 15 is 0 Å². The summed E-state index contributed by atoms with van der Waals surface area (Å²) in [6, 6.07) is 9.85. The van der Waals surface area contributed by atoms with E-state index in [2.05, 4.69) is 4.98 Å². The summed E-state index contributed by atoms with van der Waals surface area (Å²) in [4.78, 5) is 30.3. The first-order valence-corrected chi connectivity index (χ1v) is 12.1. The van der Waals surface area contributed by atoms with E-state index in [9.17, 15) is 9.59 Å². The van der Waals surface area contributed by atoms with Crippen molar-refractivity contribution in [3.05, 3.63) is 40.1 Å². The molecule has 1 spiro atoms. The van der Waals surface area contributed by atoms with E-state index in [-0.39, 0.29) is 15.3 Å². The van der Waals surface area contributed by atoms with Gasteiger partial charge in [0.1, 0.15) is 0 Å². The normalized spacial score (nSPS) is 36.1. The number of nitrogens with zero attached hydrogens (tertiary/aromatic N) is 1. The molecular weight excluding hydrogens is 469 g/mol. The number of fused-ring (bicyclic) bond motifs is 1. The Kier molecular flexibility index (Phi) is 3.71. The molecule has 1 aromatic heterocycles. The van der Waals surface area contributed by atoms with E-state index < -0.39 is 38.5 Å². The first-order chi connectivity index (χ1) is 13.6. The predicted molar refractivity (Wildman–Crippen MR) is 111 cm³/mol. The highest BCUT2D eigenvalue weighted by Crippen LogP contribution is 2.60. The molecule has 0 radical (unpaired) electrons. The molecule has 4 aliphatic carbocycles. The zero-order valence-corrected chi connectivity index (χ0v) is 17.4. The molecule has 1 aromatic carbocycles. The summed E-state index contributed by atoms with van der Waals surface area (Å²) in [7, 11) is 0. The fourth-order valence-corrected chi connectivity index (χ4v) is 7.99. The number of carbonyl (C=O) groups excluding carboxylic acids is 2. The zero-order chi connectivity index (χ0) is 18.9. The van der Waals surface area contributed by atoms with Crippen LogP contribution >= 0.6 is 20.7 Å². The molecule has 1 saturated heterocycles. The molecule has 28 heavy (non-hydrogen) atoms. The number of rotatable bonds is 1. The number of pyridine rings is 1. The Hall–Kier alpha value is -1.83. The molecule has 0 atom stereocenters. The standard InChI is InChI=1S/C22H20INO4/c25-20-19(23-17-10-14-3-1-2-4-18(14)24-11-17)21(26)28-22(27-20)15-6-12-5-13(8-15)9-16(22)7-12/h1-4,10-13,15-16H,5-9H2. The number of ether oxygens (including phenoxy) is 2. The van der Waals surface area contributed by atoms with Crippen LogP contribution in [0, 0.1) is 27.2 Å². The van der Waals surface area contributed by atoms with Crippen LogP contribution in [0.4, 0.5) is 0 Å². The number of aromatic nitrogens is 1. The highest BCUT2D eigenvalue weighted by molar-refractivity contribution is 14.2. The minimum atomic E-state index is -1.000. The van der Waals surface area contributed by atoms with Gasteiger partial charge in [-0.25, -0.2) is 9.59 Å². The van der Waals surface area contributed by atoms with Crippen LogP contribution in [0.1, 0.15) is 32.1 Å². The molecule has 0 N–H and O–H groups in total. The molecule has 6 heteroatoms. The van der Waals surface area contributed by atoms with Gasteiger partial charge in [-0.2, -0.15) is 0 Å². The Morgan fingerprint density at radius 1 is 0.929 bits per heavy atom. The minimum absolute atomic E-state index is 0.179. The lowest BCUT2D eigenvalue weighted by atomic mass is 9.53. The molecule has 5 fully saturated rings. The van der Waals surface area contributed by atoms with E-state index in [4.69, 9.17) is 9.47 Å². The van der Waals surface area contributed by atoms with Gasteiger partial charge in [-0.15, -0.1) is 0 Å². The quantitative estimate of drug-likeness (QED) is 0.451. The van der Waals surface area contributed by atoms with Crippen LogP contribution in [0.2, 0.25) is 0 Å². The van der Waals surface area contributed by atoms with E-state index in [1.165, 1.54) is 6.42 Å². The monoisotopic (exact) mass is 489 g/mol. The van der Waals surface area contributed by atoms with Gasteiger partial charge in [0, 0.05) is 27.0 Å². The van der Waals surface area contributed by atoms with Gasteiger partial charge >= 0.3 is 11.9 Å². The minimum Gasteiger partial charge on any atom is -0.418 e. The second kappa shape index (κ2) is 6.08. The number of carbonyl (C=O) groups is 2. The number of para-hydroxylation sites is 1. The number of benzene rings is 1. The second-order valence-electron chi connectivity index (χ2n) is 8.56. The smallest absolute Gasteiger partial charge is 0.354 e. The Bertz CT molecular complexity index is 996. The second-order valence-corrected chi connectivity index (χ2v) is 11.4. The molecule has 1 aliphatic heterocycles. The number of hydrogen-bond acceptors (Lipinski definition) is 5. The largest absolute Gasteiger partial charge is 0.418 e. The first kappa shape index (κ1) is 17.1. The van der Waals surface area contributed by atoms with Gasteiger partial charge in [-0.3, -0.25) is 4.98 Å². The van der Waals surface area contributed by atoms with Crippen LogP contribution in [0.5, 0.6) is 0 Å². The van der Waals surface area contributed by atoms with Gasteiger partial charge in [0.25, 0.3) is 5.79 Å². The van der Waals surface area contributed by atoms with Crippen molar-refractivity contribution in [3.63, 3.8) is 0 Å². The number of hydrogen-bond donors (Lipinski definition) is 0. The van der Waals surface area contributed by atoms with Gasteiger partial charge < -0.3 is 9.47 Å². The summed E-state index contributed by atoms with van der Waals surface area (Å²) < 4.78 is 13.1. The fraction of sp³-hybridized carbons (Fsp3) is 0.455. The molecule has 4 bridgehead atoms. The van der Waals surface area contributed by atoms with Gasteiger partial charge in [-0.05, 0) is 56.1 Å². The summed E-state index contributed by atoms with van der Waals surface area (Å²) in [6.45, 7) is 0. The summed E-state index contributed by atoms with van der Waals surface area (Å²) >= 11 is -1.000. The van der Waals surface area contributed by atoms with Crippen LogP contribution < -0.4 is 0 Å². The van der Waals surface area contributed by atoms with Gasteiger partial charge in [0.15, 0.2) is 3.51 Å². The number of esters is 2. The zero-order valence-electron chi connectivity index (χ0n) is 15.3. The van der Waals surface area contributed by atoms with Crippen molar-refractivity contribution in [2.45, 2.75) is 37.9 Å². The van der Waals surface area contributed by atoms with E-state index in [1.54, 1.807) is 6.20 Å². The molecule has 2 aromatic rings. The lowest BCUT2D eigenvalue weighted by molar-refractivity contribution is -0.308. The van der Waals surface area contributed by atoms with E-state index in [0.717, 1.165) is 40.2 Å². The van der Waals surface area contributed by atoms with Crippen LogP contribution in [0.15, 0.2) is 36.5 Å². The van der Waals surface area contributed by atoms with Crippen molar-refractivity contribution in [3.8, 4) is 0 Å². The topological polar surface area (TPSA) is 65.5 Å². The van der Waals surface area contributed by atoms with Crippen molar-refractivity contribution < 1.29 is 19.1 Å². The molecule has 4 saturated carbocycles.